The van der Waals surface area contributed by atoms with Gasteiger partial charge < -0.3 is 19.5 Å². The first kappa shape index (κ1) is 22.6. The number of amides is 1. The fourth-order valence-corrected chi connectivity index (χ4v) is 3.85. The molecule has 0 aromatic heterocycles. The molecule has 3 rings (SSSR count). The Labute approximate surface area is 184 Å². The zero-order chi connectivity index (χ0) is 22.7. The van der Waals surface area contributed by atoms with Gasteiger partial charge >= 0.3 is 0 Å². The van der Waals surface area contributed by atoms with E-state index in [0.29, 0.717) is 18.5 Å². The lowest BCUT2D eigenvalue weighted by atomic mass is 9.94. The smallest absolute Gasteiger partial charge is 0.295 e. The van der Waals surface area contributed by atoms with Crippen molar-refractivity contribution >= 4 is 29.1 Å². The van der Waals surface area contributed by atoms with Crippen molar-refractivity contribution in [2.45, 2.75) is 25.8 Å². The fourth-order valence-electron chi connectivity index (χ4n) is 3.62. The molecule has 0 aliphatic carbocycles. The Morgan fingerprint density at radius 3 is 2.35 bits per heavy atom. The van der Waals surface area contributed by atoms with Crippen LogP contribution in [-0.2, 0) is 9.59 Å². The zero-order valence-electron chi connectivity index (χ0n) is 17.4. The average molecular weight is 448 g/mol. The molecule has 1 heterocycles. The molecule has 0 radical (unpaired) electrons. The summed E-state index contributed by atoms with van der Waals surface area (Å²) in [5.74, 6) is -1.93. The predicted octanol–water partition coefficient (Wildman–Crippen LogP) is 4.72. The molecule has 0 bridgehead atoms. The summed E-state index contributed by atoms with van der Waals surface area (Å²) in [7, 11) is 2.81. The number of hydrogen-bond acceptors (Lipinski definition) is 5. The van der Waals surface area contributed by atoms with Crippen LogP contribution < -0.4 is 9.47 Å². The summed E-state index contributed by atoms with van der Waals surface area (Å²) >= 11 is 6.15. The molecule has 2 aromatic rings. The van der Waals surface area contributed by atoms with Crippen molar-refractivity contribution in [1.29, 1.82) is 0 Å². The summed E-state index contributed by atoms with van der Waals surface area (Å²) in [6.07, 6.45) is 1.48. The minimum atomic E-state index is -0.862. The van der Waals surface area contributed by atoms with Gasteiger partial charge in [0.1, 0.15) is 23.1 Å². The number of ketones is 1. The van der Waals surface area contributed by atoms with Crippen LogP contribution in [0.1, 0.15) is 36.9 Å². The molecule has 31 heavy (non-hydrogen) atoms. The molecule has 1 aliphatic heterocycles. The first-order valence-corrected chi connectivity index (χ1v) is 10.2. The highest BCUT2D eigenvalue weighted by molar-refractivity contribution is 6.46. The standard InChI is InChI=1S/C23H23ClFNO5/c1-4-5-10-26-20(13-6-8-14(25)9-7-13)19(22(28)23(26)29)21(27)15-11-18(31-3)16(24)12-17(15)30-2/h6-9,11-12,20,27H,4-5,10H2,1-3H3/b21-19+. The Morgan fingerprint density at radius 2 is 1.77 bits per heavy atom. The Morgan fingerprint density at radius 1 is 1.13 bits per heavy atom. The number of nitrogens with zero attached hydrogens (tertiary/aromatic N) is 1. The van der Waals surface area contributed by atoms with Crippen molar-refractivity contribution in [3.8, 4) is 11.5 Å². The van der Waals surface area contributed by atoms with E-state index in [1.165, 1.54) is 55.5 Å². The van der Waals surface area contributed by atoms with Gasteiger partial charge in [-0.05, 0) is 30.2 Å². The maximum absolute atomic E-state index is 13.5. The van der Waals surface area contributed by atoms with E-state index in [9.17, 15) is 19.1 Å². The second-order valence-corrected chi connectivity index (χ2v) is 7.49. The van der Waals surface area contributed by atoms with Crippen LogP contribution in [0, 0.1) is 5.82 Å². The van der Waals surface area contributed by atoms with E-state index in [1.54, 1.807) is 0 Å². The van der Waals surface area contributed by atoms with Crippen LogP contribution >= 0.6 is 11.6 Å². The second-order valence-electron chi connectivity index (χ2n) is 7.08. The van der Waals surface area contributed by atoms with Gasteiger partial charge in [0.05, 0.1) is 36.4 Å². The number of likely N-dealkylation sites (tertiary alicyclic amines) is 1. The van der Waals surface area contributed by atoms with E-state index >= 15 is 0 Å². The molecule has 1 unspecified atom stereocenters. The number of benzene rings is 2. The van der Waals surface area contributed by atoms with Crippen molar-refractivity contribution in [3.05, 3.63) is 63.9 Å². The minimum absolute atomic E-state index is 0.101. The van der Waals surface area contributed by atoms with Crippen LogP contribution in [0.3, 0.4) is 0 Å². The predicted molar refractivity (Wildman–Crippen MR) is 115 cm³/mol. The molecular formula is C23H23ClFNO5. The largest absolute Gasteiger partial charge is 0.507 e. The van der Waals surface area contributed by atoms with Crippen LogP contribution in [0.2, 0.25) is 5.02 Å². The number of Topliss-reactive ketones (excluding diaryl/α,β-unsaturated/α-hetero) is 1. The van der Waals surface area contributed by atoms with E-state index in [4.69, 9.17) is 21.1 Å². The highest BCUT2D eigenvalue weighted by Crippen LogP contribution is 2.43. The first-order valence-electron chi connectivity index (χ1n) is 9.79. The first-order chi connectivity index (χ1) is 14.8. The molecule has 6 nitrogen and oxygen atoms in total. The van der Waals surface area contributed by atoms with Gasteiger partial charge in [-0.2, -0.15) is 0 Å². The van der Waals surface area contributed by atoms with Gasteiger partial charge in [-0.15, -0.1) is 0 Å². The van der Waals surface area contributed by atoms with E-state index in [0.717, 1.165) is 6.42 Å². The van der Waals surface area contributed by atoms with Gasteiger partial charge in [0.15, 0.2) is 0 Å². The summed E-state index contributed by atoms with van der Waals surface area (Å²) in [5, 5.41) is 11.4. The topological polar surface area (TPSA) is 76.1 Å². The molecule has 1 N–H and O–H groups in total. The van der Waals surface area contributed by atoms with E-state index in [2.05, 4.69) is 0 Å². The molecule has 1 amide bonds. The normalized spacial score (nSPS) is 17.8. The third kappa shape index (κ3) is 4.23. The maximum atomic E-state index is 13.5. The van der Waals surface area contributed by atoms with E-state index in [1.807, 2.05) is 6.92 Å². The Balaban J connectivity index is 2.24. The van der Waals surface area contributed by atoms with E-state index in [-0.39, 0.29) is 27.7 Å². The quantitative estimate of drug-likeness (QED) is 0.377. The highest BCUT2D eigenvalue weighted by Gasteiger charge is 2.46. The third-order valence-corrected chi connectivity index (χ3v) is 5.50. The number of aliphatic hydroxyl groups is 1. The number of rotatable bonds is 7. The lowest BCUT2D eigenvalue weighted by Gasteiger charge is -2.25. The Bertz CT molecular complexity index is 1040. The maximum Gasteiger partial charge on any atom is 0.295 e. The molecule has 2 aromatic carbocycles. The molecule has 0 saturated carbocycles. The van der Waals surface area contributed by atoms with Crippen LogP contribution in [0.15, 0.2) is 42.0 Å². The monoisotopic (exact) mass is 447 g/mol. The van der Waals surface area contributed by atoms with Crippen molar-refractivity contribution in [2.24, 2.45) is 0 Å². The van der Waals surface area contributed by atoms with Gasteiger partial charge in [0.2, 0.25) is 0 Å². The lowest BCUT2D eigenvalue weighted by molar-refractivity contribution is -0.139. The Hall–Kier alpha value is -3.06. The summed E-state index contributed by atoms with van der Waals surface area (Å²) in [4.78, 5) is 27.2. The van der Waals surface area contributed by atoms with Crippen LogP contribution in [-0.4, -0.2) is 42.5 Å². The number of ether oxygens (including phenoxy) is 2. The van der Waals surface area contributed by atoms with Gasteiger partial charge in [-0.25, -0.2) is 4.39 Å². The summed E-state index contributed by atoms with van der Waals surface area (Å²) < 4.78 is 24.1. The number of carbonyl (C=O) groups is 2. The second kappa shape index (κ2) is 9.39. The van der Waals surface area contributed by atoms with Crippen LogP contribution in [0.4, 0.5) is 4.39 Å². The number of halogens is 2. The molecule has 1 saturated heterocycles. The van der Waals surface area contributed by atoms with Gasteiger partial charge in [-0.3, -0.25) is 9.59 Å². The number of hydrogen-bond donors (Lipinski definition) is 1. The lowest BCUT2D eigenvalue weighted by Crippen LogP contribution is -2.30. The molecule has 0 spiro atoms. The summed E-state index contributed by atoms with van der Waals surface area (Å²) in [6, 6.07) is 7.53. The van der Waals surface area contributed by atoms with Crippen molar-refractivity contribution in [1.82, 2.24) is 4.90 Å². The molecule has 8 heteroatoms. The SMILES string of the molecule is CCCCN1C(=O)C(=O)/C(=C(/O)c2cc(OC)c(Cl)cc2OC)C1c1ccc(F)cc1. The van der Waals surface area contributed by atoms with Gasteiger partial charge in [0.25, 0.3) is 11.7 Å². The minimum Gasteiger partial charge on any atom is -0.507 e. The van der Waals surface area contributed by atoms with Crippen molar-refractivity contribution in [2.75, 3.05) is 20.8 Å². The summed E-state index contributed by atoms with van der Waals surface area (Å²) in [5.41, 5.74) is 0.567. The molecule has 1 atom stereocenters. The molecule has 164 valence electrons. The van der Waals surface area contributed by atoms with Crippen molar-refractivity contribution < 1.29 is 28.6 Å². The number of aliphatic hydroxyl groups excluding tert-OH is 1. The zero-order valence-corrected chi connectivity index (χ0v) is 18.2. The molecule has 1 fully saturated rings. The molecule has 1 aliphatic rings. The highest BCUT2D eigenvalue weighted by atomic mass is 35.5. The van der Waals surface area contributed by atoms with Crippen LogP contribution in [0.5, 0.6) is 11.5 Å². The van der Waals surface area contributed by atoms with Crippen molar-refractivity contribution in [3.63, 3.8) is 0 Å². The third-order valence-electron chi connectivity index (χ3n) is 5.21. The van der Waals surface area contributed by atoms with Gasteiger partial charge in [-0.1, -0.05) is 37.1 Å². The summed E-state index contributed by atoms with van der Waals surface area (Å²) in [6.45, 7) is 2.29. The van der Waals surface area contributed by atoms with Gasteiger partial charge in [0, 0.05) is 12.6 Å². The molecular weight excluding hydrogens is 425 g/mol. The number of carbonyl (C=O) groups excluding carboxylic acids is 2. The number of methoxy groups -OCH3 is 2. The Kier molecular flexibility index (Phi) is 6.85. The number of unbranched alkanes of at least 4 members (excludes halogenated alkanes) is 1. The van der Waals surface area contributed by atoms with Crippen LogP contribution in [0.25, 0.3) is 5.76 Å². The van der Waals surface area contributed by atoms with E-state index < -0.39 is 29.3 Å². The average Bonchev–Trinajstić information content (AvgIpc) is 3.02. The fraction of sp³-hybridized carbons (Fsp3) is 0.304.